The van der Waals surface area contributed by atoms with Crippen LogP contribution in [-0.4, -0.2) is 0 Å². The number of rotatable bonds is 0. The monoisotopic (exact) mass is 256 g/mol. The van der Waals surface area contributed by atoms with E-state index in [-0.39, 0.29) is 0 Å². The smallest absolute Gasteiger partial charge is 0.00730 e. The molecule has 4 rings (SSSR count). The van der Waals surface area contributed by atoms with Gasteiger partial charge in [0.2, 0.25) is 0 Å². The van der Waals surface area contributed by atoms with E-state index in [0.29, 0.717) is 0 Å². The first-order chi connectivity index (χ1) is 9.79. The third kappa shape index (κ3) is 1.42. The lowest BCUT2D eigenvalue weighted by molar-refractivity contribution is 1.44. The van der Waals surface area contributed by atoms with E-state index in [1.165, 1.54) is 44.2 Å². The molecule has 0 atom stereocenters. The molecule has 3 aromatic carbocycles. The molecule has 0 radical (unpaired) electrons. The highest BCUT2D eigenvalue weighted by atomic mass is 14.3. The van der Waals surface area contributed by atoms with E-state index < -0.39 is 0 Å². The Bertz CT molecular complexity index is 866. The van der Waals surface area contributed by atoms with Crippen molar-refractivity contribution in [2.24, 2.45) is 0 Å². The van der Waals surface area contributed by atoms with Gasteiger partial charge in [0.1, 0.15) is 0 Å². The van der Waals surface area contributed by atoms with E-state index >= 15 is 0 Å². The zero-order valence-corrected chi connectivity index (χ0v) is 11.8. The SMILES string of the molecule is C/C=C1/c2cc3ccccc3cc2-c2cccc(C)c21. The zero-order chi connectivity index (χ0) is 13.7. The van der Waals surface area contributed by atoms with E-state index in [4.69, 9.17) is 0 Å². The Morgan fingerprint density at radius 1 is 0.750 bits per heavy atom. The Morgan fingerprint density at radius 3 is 2.15 bits per heavy atom. The van der Waals surface area contributed by atoms with E-state index in [1.54, 1.807) is 0 Å². The molecule has 0 N–H and O–H groups in total. The van der Waals surface area contributed by atoms with Crippen LogP contribution in [0, 0.1) is 6.92 Å². The molecule has 0 fully saturated rings. The lowest BCUT2D eigenvalue weighted by Gasteiger charge is -2.05. The summed E-state index contributed by atoms with van der Waals surface area (Å²) in [5, 5.41) is 2.63. The van der Waals surface area contributed by atoms with Crippen LogP contribution < -0.4 is 0 Å². The van der Waals surface area contributed by atoms with Crippen molar-refractivity contribution in [2.45, 2.75) is 13.8 Å². The summed E-state index contributed by atoms with van der Waals surface area (Å²) in [5.41, 5.74) is 8.25. The molecule has 96 valence electrons. The van der Waals surface area contributed by atoms with Gasteiger partial charge >= 0.3 is 0 Å². The van der Waals surface area contributed by atoms with Crippen LogP contribution in [0.15, 0.2) is 60.7 Å². The predicted molar refractivity (Wildman–Crippen MR) is 86.9 cm³/mol. The summed E-state index contributed by atoms with van der Waals surface area (Å²) in [6, 6.07) is 19.9. The van der Waals surface area contributed by atoms with Crippen LogP contribution in [0.5, 0.6) is 0 Å². The first kappa shape index (κ1) is 11.5. The summed E-state index contributed by atoms with van der Waals surface area (Å²) < 4.78 is 0. The Labute approximate surface area is 119 Å². The number of fused-ring (bicyclic) bond motifs is 4. The van der Waals surface area contributed by atoms with Crippen LogP contribution in [0.1, 0.15) is 23.6 Å². The van der Waals surface area contributed by atoms with Crippen molar-refractivity contribution >= 4 is 16.3 Å². The first-order valence-corrected chi connectivity index (χ1v) is 7.09. The van der Waals surface area contributed by atoms with Gasteiger partial charge in [0.25, 0.3) is 0 Å². The maximum atomic E-state index is 2.33. The standard InChI is InChI=1S/C20H16/c1-3-16-18-11-14-8-4-5-9-15(14)12-19(18)17-10-6-7-13(2)20(16)17/h3-12H,1-2H3/b16-3-. The predicted octanol–water partition coefficient (Wildman–Crippen LogP) is 5.58. The summed E-state index contributed by atoms with van der Waals surface area (Å²) in [7, 11) is 0. The van der Waals surface area contributed by atoms with Crippen LogP contribution in [-0.2, 0) is 0 Å². The molecular weight excluding hydrogens is 240 g/mol. The summed E-state index contributed by atoms with van der Waals surface area (Å²) in [4.78, 5) is 0. The molecule has 0 spiro atoms. The minimum atomic E-state index is 1.32. The van der Waals surface area contributed by atoms with Crippen molar-refractivity contribution in [3.63, 3.8) is 0 Å². The average Bonchev–Trinajstić information content (AvgIpc) is 2.79. The van der Waals surface area contributed by atoms with Gasteiger partial charge in [-0.3, -0.25) is 0 Å². The maximum Gasteiger partial charge on any atom is -0.00730 e. The van der Waals surface area contributed by atoms with E-state index in [9.17, 15) is 0 Å². The molecule has 20 heavy (non-hydrogen) atoms. The van der Waals surface area contributed by atoms with Gasteiger partial charge in [-0.25, -0.2) is 0 Å². The Hall–Kier alpha value is -2.34. The number of aryl methyl sites for hydroxylation is 1. The summed E-state index contributed by atoms with van der Waals surface area (Å²) >= 11 is 0. The van der Waals surface area contributed by atoms with Gasteiger partial charge in [-0.1, -0.05) is 48.5 Å². The van der Waals surface area contributed by atoms with Crippen molar-refractivity contribution in [3.05, 3.63) is 77.4 Å². The van der Waals surface area contributed by atoms with Gasteiger partial charge in [0.15, 0.2) is 0 Å². The highest BCUT2D eigenvalue weighted by Gasteiger charge is 2.24. The van der Waals surface area contributed by atoms with E-state index in [2.05, 4.69) is 74.5 Å². The lowest BCUT2D eigenvalue weighted by atomic mass is 9.99. The highest BCUT2D eigenvalue weighted by Crippen LogP contribution is 2.46. The number of allylic oxidation sites excluding steroid dienone is 1. The Balaban J connectivity index is 2.15. The molecule has 0 heteroatoms. The molecule has 1 aliphatic rings. The Kier molecular flexibility index (Phi) is 2.34. The second-order valence-electron chi connectivity index (χ2n) is 5.44. The van der Waals surface area contributed by atoms with Gasteiger partial charge in [-0.2, -0.15) is 0 Å². The van der Waals surface area contributed by atoms with Crippen LogP contribution in [0.4, 0.5) is 0 Å². The second-order valence-corrected chi connectivity index (χ2v) is 5.44. The molecule has 0 aliphatic heterocycles. The molecule has 0 bridgehead atoms. The largest absolute Gasteiger partial charge is 0.0791 e. The van der Waals surface area contributed by atoms with Gasteiger partial charge in [0.05, 0.1) is 0 Å². The Morgan fingerprint density at radius 2 is 1.45 bits per heavy atom. The molecular formula is C20H16. The molecule has 0 unspecified atom stereocenters. The van der Waals surface area contributed by atoms with Gasteiger partial charge in [0, 0.05) is 0 Å². The average molecular weight is 256 g/mol. The van der Waals surface area contributed by atoms with Crippen molar-refractivity contribution in [3.8, 4) is 11.1 Å². The maximum absolute atomic E-state index is 2.33. The molecule has 3 aromatic rings. The number of benzene rings is 3. The topological polar surface area (TPSA) is 0 Å². The minimum Gasteiger partial charge on any atom is -0.0791 e. The van der Waals surface area contributed by atoms with Crippen molar-refractivity contribution in [2.75, 3.05) is 0 Å². The van der Waals surface area contributed by atoms with E-state index in [0.717, 1.165) is 0 Å². The third-order valence-corrected chi connectivity index (χ3v) is 4.30. The van der Waals surface area contributed by atoms with Gasteiger partial charge in [-0.05, 0) is 70.1 Å². The molecule has 0 nitrogen and oxygen atoms in total. The molecule has 0 amide bonds. The molecule has 1 aliphatic carbocycles. The fraction of sp³-hybridized carbons (Fsp3) is 0.100. The third-order valence-electron chi connectivity index (χ3n) is 4.30. The van der Waals surface area contributed by atoms with Crippen molar-refractivity contribution in [1.82, 2.24) is 0 Å². The molecule has 0 heterocycles. The summed E-state index contributed by atoms with van der Waals surface area (Å²) in [6.07, 6.45) is 2.24. The second kappa shape index (κ2) is 4.08. The van der Waals surface area contributed by atoms with Gasteiger partial charge in [-0.15, -0.1) is 0 Å². The van der Waals surface area contributed by atoms with Crippen LogP contribution in [0.2, 0.25) is 0 Å². The minimum absolute atomic E-state index is 1.32. The molecule has 0 saturated carbocycles. The van der Waals surface area contributed by atoms with Crippen molar-refractivity contribution in [1.29, 1.82) is 0 Å². The highest BCUT2D eigenvalue weighted by molar-refractivity contribution is 6.06. The number of hydrogen-bond donors (Lipinski definition) is 0. The normalized spacial score (nSPS) is 14.6. The molecule has 0 saturated heterocycles. The zero-order valence-electron chi connectivity index (χ0n) is 11.8. The van der Waals surface area contributed by atoms with Crippen LogP contribution >= 0.6 is 0 Å². The van der Waals surface area contributed by atoms with Crippen molar-refractivity contribution < 1.29 is 0 Å². The number of hydrogen-bond acceptors (Lipinski definition) is 0. The van der Waals surface area contributed by atoms with E-state index in [1.807, 2.05) is 0 Å². The van der Waals surface area contributed by atoms with Crippen LogP contribution in [0.3, 0.4) is 0 Å². The fourth-order valence-electron chi connectivity index (χ4n) is 3.37. The van der Waals surface area contributed by atoms with Crippen LogP contribution in [0.25, 0.3) is 27.5 Å². The molecule has 0 aromatic heterocycles. The van der Waals surface area contributed by atoms with Gasteiger partial charge < -0.3 is 0 Å². The lowest BCUT2D eigenvalue weighted by Crippen LogP contribution is -1.85. The first-order valence-electron chi connectivity index (χ1n) is 7.09. The quantitative estimate of drug-likeness (QED) is 0.385. The summed E-state index contributed by atoms with van der Waals surface area (Å²) in [6.45, 7) is 4.34. The summed E-state index contributed by atoms with van der Waals surface area (Å²) in [5.74, 6) is 0. The fourth-order valence-corrected chi connectivity index (χ4v) is 3.37.